The van der Waals surface area contributed by atoms with Gasteiger partial charge in [0.05, 0.1) is 6.54 Å². The number of hydrogen-bond acceptors (Lipinski definition) is 5. The van der Waals surface area contributed by atoms with Crippen molar-refractivity contribution in [3.63, 3.8) is 0 Å². The number of amides is 1. The molecule has 1 aliphatic rings. The summed E-state index contributed by atoms with van der Waals surface area (Å²) in [6.45, 7) is 3.95. The highest BCUT2D eigenvalue weighted by atomic mass is 19.1. The first kappa shape index (κ1) is 20.1. The van der Waals surface area contributed by atoms with Gasteiger partial charge in [-0.3, -0.25) is 9.78 Å². The van der Waals surface area contributed by atoms with Crippen LogP contribution in [0.4, 0.5) is 4.39 Å². The summed E-state index contributed by atoms with van der Waals surface area (Å²) in [5.41, 5.74) is 4.14. The summed E-state index contributed by atoms with van der Waals surface area (Å²) >= 11 is 0. The summed E-state index contributed by atoms with van der Waals surface area (Å²) in [4.78, 5) is 19.1. The molecule has 7 nitrogen and oxygen atoms in total. The highest BCUT2D eigenvalue weighted by molar-refractivity contribution is 5.76. The number of halogens is 1. The lowest BCUT2D eigenvalue weighted by atomic mass is 9.91. The number of carbonyl (C=O) groups is 1. The predicted molar refractivity (Wildman–Crippen MR) is 109 cm³/mol. The standard InChI is InChI=1S/C22H25FN6O/c1-16-11-18(12-17-3-2-4-20(23)13-17)14-21(25-16)19-5-8-28(9-6-19)22(30)7-10-29-15-24-26-27-29/h2-4,11,13-15,19H,5-10,12H2,1H3. The van der Waals surface area contributed by atoms with Gasteiger partial charge in [-0.25, -0.2) is 9.07 Å². The van der Waals surface area contributed by atoms with E-state index in [0.29, 0.717) is 25.3 Å². The predicted octanol–water partition coefficient (Wildman–Crippen LogP) is 2.90. The van der Waals surface area contributed by atoms with Gasteiger partial charge < -0.3 is 4.90 Å². The van der Waals surface area contributed by atoms with Crippen LogP contribution < -0.4 is 0 Å². The lowest BCUT2D eigenvalue weighted by molar-refractivity contribution is -0.132. The molecule has 3 heterocycles. The van der Waals surface area contributed by atoms with Crippen molar-refractivity contribution in [3.05, 3.63) is 71.1 Å². The van der Waals surface area contributed by atoms with Crippen molar-refractivity contribution in [2.45, 2.75) is 45.1 Å². The van der Waals surface area contributed by atoms with Crippen LogP contribution in [0.25, 0.3) is 0 Å². The van der Waals surface area contributed by atoms with E-state index in [1.54, 1.807) is 16.8 Å². The molecule has 30 heavy (non-hydrogen) atoms. The quantitative estimate of drug-likeness (QED) is 0.627. The molecule has 0 N–H and O–H groups in total. The second-order valence-corrected chi connectivity index (χ2v) is 7.83. The Morgan fingerprint density at radius 1 is 1.17 bits per heavy atom. The minimum Gasteiger partial charge on any atom is -0.343 e. The molecule has 0 saturated carbocycles. The third-order valence-corrected chi connectivity index (χ3v) is 5.54. The second-order valence-electron chi connectivity index (χ2n) is 7.83. The highest BCUT2D eigenvalue weighted by Gasteiger charge is 2.25. The molecule has 0 unspecified atom stereocenters. The molecular formula is C22H25FN6O. The van der Waals surface area contributed by atoms with Crippen LogP contribution in [-0.2, 0) is 17.8 Å². The molecule has 1 fully saturated rings. The molecule has 8 heteroatoms. The largest absolute Gasteiger partial charge is 0.343 e. The number of hydrogen-bond donors (Lipinski definition) is 0. The number of nitrogens with zero attached hydrogens (tertiary/aromatic N) is 6. The van der Waals surface area contributed by atoms with E-state index in [1.807, 2.05) is 17.9 Å². The fraction of sp³-hybridized carbons (Fsp3) is 0.409. The number of aryl methyl sites for hydroxylation is 2. The molecule has 1 aliphatic heterocycles. The first-order chi connectivity index (χ1) is 14.6. The van der Waals surface area contributed by atoms with Gasteiger partial charge in [0.15, 0.2) is 0 Å². The Morgan fingerprint density at radius 2 is 2.00 bits per heavy atom. The van der Waals surface area contributed by atoms with Crippen molar-refractivity contribution in [1.29, 1.82) is 0 Å². The summed E-state index contributed by atoms with van der Waals surface area (Å²) in [7, 11) is 0. The smallest absolute Gasteiger partial charge is 0.224 e. The Bertz CT molecular complexity index is 999. The molecule has 0 aliphatic carbocycles. The number of benzene rings is 1. The summed E-state index contributed by atoms with van der Waals surface area (Å²) < 4.78 is 15.1. The molecule has 1 saturated heterocycles. The second kappa shape index (κ2) is 9.11. The fourth-order valence-corrected chi connectivity index (χ4v) is 4.04. The number of aromatic nitrogens is 5. The first-order valence-electron chi connectivity index (χ1n) is 10.3. The minimum absolute atomic E-state index is 0.132. The average molecular weight is 408 g/mol. The third kappa shape index (κ3) is 5.06. The Morgan fingerprint density at radius 3 is 2.73 bits per heavy atom. The van der Waals surface area contributed by atoms with E-state index in [-0.39, 0.29) is 11.7 Å². The number of pyridine rings is 1. The lowest BCUT2D eigenvalue weighted by Crippen LogP contribution is -2.38. The molecule has 1 aromatic carbocycles. The number of tetrazole rings is 1. The summed E-state index contributed by atoms with van der Waals surface area (Å²) in [5, 5.41) is 11.0. The third-order valence-electron chi connectivity index (χ3n) is 5.54. The maximum Gasteiger partial charge on any atom is 0.224 e. The molecular weight excluding hydrogens is 383 g/mol. The van der Waals surface area contributed by atoms with Gasteiger partial charge in [0.1, 0.15) is 12.1 Å². The highest BCUT2D eigenvalue weighted by Crippen LogP contribution is 2.28. The van der Waals surface area contributed by atoms with Crippen LogP contribution in [0.2, 0.25) is 0 Å². The molecule has 4 rings (SSSR count). The molecule has 3 aromatic rings. The Balaban J connectivity index is 1.36. The zero-order valence-electron chi connectivity index (χ0n) is 17.0. The van der Waals surface area contributed by atoms with Crippen LogP contribution in [0.3, 0.4) is 0 Å². The summed E-state index contributed by atoms with van der Waals surface area (Å²) in [6, 6.07) is 10.9. The van der Waals surface area contributed by atoms with E-state index in [2.05, 4.69) is 27.7 Å². The van der Waals surface area contributed by atoms with Crippen LogP contribution in [0.5, 0.6) is 0 Å². The van der Waals surface area contributed by atoms with E-state index in [4.69, 9.17) is 4.98 Å². The topological polar surface area (TPSA) is 76.8 Å². The summed E-state index contributed by atoms with van der Waals surface area (Å²) in [5.74, 6) is 0.253. The van der Waals surface area contributed by atoms with E-state index in [0.717, 1.165) is 48.4 Å². The minimum atomic E-state index is -0.212. The SMILES string of the molecule is Cc1cc(Cc2cccc(F)c2)cc(C2CCN(C(=O)CCn3cnnn3)CC2)n1. The zero-order valence-corrected chi connectivity index (χ0v) is 17.0. The fourth-order valence-electron chi connectivity index (χ4n) is 4.04. The lowest BCUT2D eigenvalue weighted by Gasteiger charge is -2.32. The van der Waals surface area contributed by atoms with Gasteiger partial charge >= 0.3 is 0 Å². The van der Waals surface area contributed by atoms with E-state index in [1.165, 1.54) is 12.4 Å². The van der Waals surface area contributed by atoms with Gasteiger partial charge in [-0.2, -0.15) is 0 Å². The Hall–Kier alpha value is -3.16. The molecule has 1 amide bonds. The van der Waals surface area contributed by atoms with Crippen LogP contribution >= 0.6 is 0 Å². The van der Waals surface area contributed by atoms with Crippen molar-refractivity contribution < 1.29 is 9.18 Å². The molecule has 0 bridgehead atoms. The van der Waals surface area contributed by atoms with E-state index >= 15 is 0 Å². The summed E-state index contributed by atoms with van der Waals surface area (Å²) in [6.07, 6.45) is 4.39. The van der Waals surface area contributed by atoms with E-state index in [9.17, 15) is 9.18 Å². The molecule has 156 valence electrons. The van der Waals surface area contributed by atoms with Crippen LogP contribution in [0.15, 0.2) is 42.7 Å². The number of likely N-dealkylation sites (tertiary alicyclic amines) is 1. The normalized spacial score (nSPS) is 14.8. The maximum absolute atomic E-state index is 13.5. The molecule has 2 aromatic heterocycles. The van der Waals surface area contributed by atoms with E-state index < -0.39 is 0 Å². The van der Waals surface area contributed by atoms with Gasteiger partial charge in [0.25, 0.3) is 0 Å². The van der Waals surface area contributed by atoms with Crippen molar-refractivity contribution in [2.24, 2.45) is 0 Å². The van der Waals surface area contributed by atoms with Gasteiger partial charge in [-0.15, -0.1) is 5.10 Å². The average Bonchev–Trinajstić information content (AvgIpc) is 3.25. The molecule has 0 atom stereocenters. The van der Waals surface area contributed by atoms with Crippen molar-refractivity contribution in [3.8, 4) is 0 Å². The van der Waals surface area contributed by atoms with Crippen molar-refractivity contribution >= 4 is 5.91 Å². The monoisotopic (exact) mass is 408 g/mol. The van der Waals surface area contributed by atoms with Crippen LogP contribution in [0.1, 0.15) is 47.7 Å². The van der Waals surface area contributed by atoms with Crippen molar-refractivity contribution in [1.82, 2.24) is 30.1 Å². The van der Waals surface area contributed by atoms with Crippen LogP contribution in [0, 0.1) is 12.7 Å². The van der Waals surface area contributed by atoms with Gasteiger partial charge in [0.2, 0.25) is 5.91 Å². The number of rotatable bonds is 6. The van der Waals surface area contributed by atoms with Gasteiger partial charge in [-0.1, -0.05) is 12.1 Å². The van der Waals surface area contributed by atoms with Gasteiger partial charge in [-0.05, 0) is 72.0 Å². The van der Waals surface area contributed by atoms with Gasteiger partial charge in [0, 0.05) is 36.8 Å². The van der Waals surface area contributed by atoms with Crippen LogP contribution in [-0.4, -0.2) is 49.1 Å². The number of piperidine rings is 1. The zero-order chi connectivity index (χ0) is 20.9. The number of carbonyl (C=O) groups excluding carboxylic acids is 1. The molecule has 0 radical (unpaired) electrons. The van der Waals surface area contributed by atoms with Crippen molar-refractivity contribution in [2.75, 3.05) is 13.1 Å². The Labute approximate surface area is 174 Å². The Kier molecular flexibility index (Phi) is 6.11. The first-order valence-corrected chi connectivity index (χ1v) is 10.3. The molecule has 0 spiro atoms. The maximum atomic E-state index is 13.5.